The van der Waals surface area contributed by atoms with Gasteiger partial charge >= 0.3 is 0 Å². The van der Waals surface area contributed by atoms with E-state index in [0.717, 1.165) is 112 Å². The molecule has 3 nitrogen and oxygen atoms in total. The molecule has 4 heteroatoms. The fraction of sp³-hybridized carbons (Fsp3) is 0.0714. The van der Waals surface area contributed by atoms with Crippen LogP contribution >= 0.6 is 0 Å². The first kappa shape index (κ1) is 50.6. The summed E-state index contributed by atoms with van der Waals surface area (Å²) in [5.41, 5.74) is 33.0. The molecule has 0 radical (unpaired) electrons. The highest BCUT2D eigenvalue weighted by Crippen LogP contribution is 2.54. The number of rotatable bonds is 9. The summed E-state index contributed by atoms with van der Waals surface area (Å²) in [6.07, 6.45) is 0. The zero-order chi connectivity index (χ0) is 61.1. The molecule has 0 N–H and O–H groups in total. The molecule has 0 spiro atoms. The van der Waals surface area contributed by atoms with E-state index in [0.29, 0.717) is 12.1 Å². The minimum absolute atomic E-state index is 0.269. The summed E-state index contributed by atoms with van der Waals surface area (Å²) in [7, 11) is 0. The zero-order valence-corrected chi connectivity index (χ0v) is 50.3. The fourth-order valence-electron chi connectivity index (χ4n) is 15.2. The second-order valence-corrected chi connectivity index (χ2v) is 24.2. The van der Waals surface area contributed by atoms with E-state index < -0.39 is 0 Å². The Balaban J connectivity index is 1.13. The van der Waals surface area contributed by atoms with Crippen molar-refractivity contribution in [3.05, 3.63) is 312 Å². The van der Waals surface area contributed by atoms with Gasteiger partial charge in [-0.1, -0.05) is 254 Å². The molecule has 0 aliphatic carbocycles. The number of hydrogen-bond donors (Lipinski definition) is 0. The smallest absolute Gasteiger partial charge is 0.252 e. The number of fused-ring (bicyclic) bond motifs is 7. The molecule has 14 aromatic rings. The monoisotopic (exact) mass is 1130 g/mol. The molecule has 2 aliphatic rings. The molecule has 0 atom stereocenters. The summed E-state index contributed by atoms with van der Waals surface area (Å²) >= 11 is 0. The van der Waals surface area contributed by atoms with Gasteiger partial charge in [-0.15, -0.1) is 0 Å². The molecule has 3 heterocycles. The topological polar surface area (TPSA) is 11.4 Å². The fourth-order valence-corrected chi connectivity index (χ4v) is 15.2. The van der Waals surface area contributed by atoms with E-state index in [2.05, 4.69) is 323 Å². The Kier molecular flexibility index (Phi) is 12.1. The highest BCUT2D eigenvalue weighted by atomic mass is 15.2. The third kappa shape index (κ3) is 8.49. The van der Waals surface area contributed by atoms with Crippen molar-refractivity contribution in [2.45, 2.75) is 41.5 Å². The lowest BCUT2D eigenvalue weighted by Gasteiger charge is -2.46. The summed E-state index contributed by atoms with van der Waals surface area (Å²) in [4.78, 5) is 5.18. The Morgan fingerprint density at radius 3 is 0.989 bits per heavy atom. The molecule has 16 rings (SSSR count). The first-order valence-electron chi connectivity index (χ1n) is 31.7. The first-order valence-corrected chi connectivity index (χ1v) is 30.7. The van der Waals surface area contributed by atoms with Crippen molar-refractivity contribution in [3.63, 3.8) is 0 Å². The summed E-state index contributed by atoms with van der Waals surface area (Å²) in [6, 6.07) is 98.4. The molecule has 0 saturated carbocycles. The maximum atomic E-state index is 9.75. The third-order valence-corrected chi connectivity index (χ3v) is 18.5. The summed E-state index contributed by atoms with van der Waals surface area (Å²) in [6.45, 7) is 13.1. The zero-order valence-electron chi connectivity index (χ0n) is 52.3. The Morgan fingerprint density at radius 1 is 0.307 bits per heavy atom. The van der Waals surface area contributed by atoms with Gasteiger partial charge in [0, 0.05) is 55.8 Å². The van der Waals surface area contributed by atoms with E-state index in [4.69, 9.17) is 0 Å². The van der Waals surface area contributed by atoms with Crippen LogP contribution in [0.2, 0.25) is 0 Å². The number of hydrogen-bond acceptors (Lipinski definition) is 2. The number of aromatic nitrogens is 1. The minimum atomic E-state index is -0.269. The van der Waals surface area contributed by atoms with Crippen LogP contribution in [0.15, 0.2) is 279 Å². The van der Waals surface area contributed by atoms with Crippen LogP contribution in [-0.2, 0) is 0 Å². The van der Waals surface area contributed by atoms with Gasteiger partial charge in [0.05, 0.1) is 30.8 Å². The number of anilines is 6. The van der Waals surface area contributed by atoms with Crippen molar-refractivity contribution >= 4 is 79.0 Å². The maximum Gasteiger partial charge on any atom is 0.252 e. The lowest BCUT2D eigenvalue weighted by atomic mass is 9.33. The molecule has 88 heavy (non-hydrogen) atoms. The molecule has 2 aliphatic heterocycles. The van der Waals surface area contributed by atoms with Crippen LogP contribution in [0.4, 0.5) is 34.1 Å². The minimum Gasteiger partial charge on any atom is -0.310 e. The standard InChI is InChI=1S/C84H64BN3/c1-53-45-55(3)80(56(4)46-53)63-41-43-72-76(49-63)87(83-66(59-25-11-7-12-26-59)35-23-36-67(83)60-27-13-8-14-28-60)78-51-65(86-74-39-21-19-33-70(74)71-34-20-22-40-75(71)86)52-79-82(78)85(72)73-44-42-64(81-57(5)47-54(2)48-58(81)6)50-77(73)88(79)84-68(61-29-15-9-16-30-61)37-24-38-69(84)62-31-17-10-18-32-62/h7-52H,1-6H3/i23D,24D. The van der Waals surface area contributed by atoms with E-state index in [1.165, 1.54) is 66.2 Å². The van der Waals surface area contributed by atoms with Gasteiger partial charge in [-0.25, -0.2) is 0 Å². The van der Waals surface area contributed by atoms with E-state index in [1.54, 1.807) is 0 Å². The predicted molar refractivity (Wildman–Crippen MR) is 376 cm³/mol. The number of nitrogens with zero attached hydrogens (tertiary/aromatic N) is 3. The SMILES string of the molecule is [2H]c1cc(-c2ccccc2)c(N2c3cc(-c4c(C)cc(C)cc4C)ccc3B3c4ccc(-c5c(C)cc(C)cc5C)cc4N(c4c(-c5ccccc5)cc([2H])cc4-c4ccccc4)c4cc(-n5c6ccccc6c6ccccc65)cc2c43)c(-c2ccccc2)c1. The summed E-state index contributed by atoms with van der Waals surface area (Å²) < 4.78 is 22.0. The van der Waals surface area contributed by atoms with Gasteiger partial charge in [-0.2, -0.15) is 0 Å². The third-order valence-electron chi connectivity index (χ3n) is 18.5. The molecule has 13 aromatic carbocycles. The average molecular weight is 1130 g/mol. The Bertz CT molecular complexity index is 4740. The molecule has 0 bridgehead atoms. The van der Waals surface area contributed by atoms with Gasteiger partial charge < -0.3 is 14.4 Å². The van der Waals surface area contributed by atoms with Gasteiger partial charge in [-0.3, -0.25) is 0 Å². The van der Waals surface area contributed by atoms with Crippen LogP contribution in [0.5, 0.6) is 0 Å². The van der Waals surface area contributed by atoms with Crippen LogP contribution in [0, 0.1) is 41.5 Å². The second kappa shape index (κ2) is 21.1. The molecular formula is C84H64BN3. The molecule has 0 fully saturated rings. The highest BCUT2D eigenvalue weighted by Gasteiger charge is 2.46. The van der Waals surface area contributed by atoms with Crippen molar-refractivity contribution in [3.8, 4) is 72.4 Å². The van der Waals surface area contributed by atoms with Gasteiger partial charge in [-0.05, 0) is 161 Å². The molecule has 0 saturated heterocycles. The second-order valence-electron chi connectivity index (χ2n) is 24.2. The van der Waals surface area contributed by atoms with Crippen molar-refractivity contribution in [1.29, 1.82) is 0 Å². The van der Waals surface area contributed by atoms with Crippen LogP contribution < -0.4 is 26.2 Å². The average Bonchev–Trinajstić information content (AvgIpc) is 0.745. The molecule has 418 valence electrons. The largest absolute Gasteiger partial charge is 0.310 e. The van der Waals surface area contributed by atoms with Crippen LogP contribution in [0.25, 0.3) is 94.3 Å². The van der Waals surface area contributed by atoms with E-state index in [-0.39, 0.29) is 6.71 Å². The summed E-state index contributed by atoms with van der Waals surface area (Å²) in [5, 5.41) is 2.35. The van der Waals surface area contributed by atoms with Crippen LogP contribution in [0.3, 0.4) is 0 Å². The van der Waals surface area contributed by atoms with E-state index in [1.807, 2.05) is 0 Å². The number of para-hydroxylation sites is 4. The summed E-state index contributed by atoms with van der Waals surface area (Å²) in [5.74, 6) is 0. The van der Waals surface area contributed by atoms with Crippen molar-refractivity contribution in [1.82, 2.24) is 4.57 Å². The number of benzene rings is 13. The lowest BCUT2D eigenvalue weighted by Crippen LogP contribution is -2.61. The first-order chi connectivity index (χ1) is 43.9. The van der Waals surface area contributed by atoms with Crippen molar-refractivity contribution in [2.24, 2.45) is 0 Å². The van der Waals surface area contributed by atoms with E-state index >= 15 is 0 Å². The predicted octanol–water partition coefficient (Wildman–Crippen LogP) is 20.7. The Hall–Kier alpha value is -10.7. The van der Waals surface area contributed by atoms with Gasteiger partial charge in [0.25, 0.3) is 6.71 Å². The molecule has 0 unspecified atom stereocenters. The Labute approximate surface area is 519 Å². The van der Waals surface area contributed by atoms with Crippen molar-refractivity contribution < 1.29 is 2.74 Å². The van der Waals surface area contributed by atoms with E-state index in [9.17, 15) is 2.74 Å². The normalized spacial score (nSPS) is 12.7. The highest BCUT2D eigenvalue weighted by molar-refractivity contribution is 7.00. The Morgan fingerprint density at radius 2 is 0.636 bits per heavy atom. The maximum absolute atomic E-state index is 9.75. The lowest BCUT2D eigenvalue weighted by molar-refractivity contribution is 1.16. The van der Waals surface area contributed by atoms with Gasteiger partial charge in [0.15, 0.2) is 0 Å². The quantitative estimate of drug-likeness (QED) is 0.133. The van der Waals surface area contributed by atoms with Crippen molar-refractivity contribution in [2.75, 3.05) is 9.80 Å². The van der Waals surface area contributed by atoms with Gasteiger partial charge in [0.1, 0.15) is 0 Å². The molecule has 0 amide bonds. The molecular weight excluding hydrogens is 1060 g/mol. The molecule has 1 aromatic heterocycles. The van der Waals surface area contributed by atoms with Gasteiger partial charge in [0.2, 0.25) is 0 Å². The number of aryl methyl sites for hydroxylation is 6. The van der Waals surface area contributed by atoms with Crippen LogP contribution in [-0.4, -0.2) is 11.3 Å². The van der Waals surface area contributed by atoms with Crippen LogP contribution in [0.1, 0.15) is 36.1 Å².